The average molecular weight is 330 g/mol. The Labute approximate surface area is 140 Å². The molecule has 0 bridgehead atoms. The highest BCUT2D eigenvalue weighted by molar-refractivity contribution is 5.97. The number of carbonyl (C=O) groups excluding carboxylic acids is 2. The van der Waals surface area contributed by atoms with Crippen LogP contribution in [-0.4, -0.2) is 32.6 Å². The third kappa shape index (κ3) is 4.42. The number of nitrogens with zero attached hydrogens (tertiary/aromatic N) is 2. The van der Waals surface area contributed by atoms with Gasteiger partial charge in [0.1, 0.15) is 6.04 Å². The zero-order valence-electron chi connectivity index (χ0n) is 13.8. The minimum atomic E-state index is -0.787. The van der Waals surface area contributed by atoms with Crippen LogP contribution in [0.4, 0.5) is 0 Å². The normalized spacial score (nSPS) is 13.1. The highest BCUT2D eigenvalue weighted by Crippen LogP contribution is 2.11. The van der Waals surface area contributed by atoms with Crippen molar-refractivity contribution in [3.8, 4) is 0 Å². The van der Waals surface area contributed by atoms with Crippen molar-refractivity contribution in [3.05, 3.63) is 54.1 Å². The van der Waals surface area contributed by atoms with E-state index in [-0.39, 0.29) is 11.8 Å². The molecule has 0 aliphatic carbocycles. The Morgan fingerprint density at radius 3 is 2.79 bits per heavy atom. The van der Waals surface area contributed by atoms with Gasteiger partial charge in [-0.05, 0) is 23.6 Å². The Hall–Kier alpha value is -2.67. The zero-order valence-corrected chi connectivity index (χ0v) is 13.8. The molecule has 0 aliphatic rings. The first-order chi connectivity index (χ1) is 11.5. The van der Waals surface area contributed by atoms with Crippen molar-refractivity contribution < 1.29 is 14.8 Å². The number of hydrogen-bond donors (Lipinski definition) is 3. The smallest absolute Gasteiger partial charge is 0.266 e. The van der Waals surface area contributed by atoms with E-state index in [0.717, 1.165) is 5.56 Å². The second-order valence-corrected chi connectivity index (χ2v) is 5.75. The summed E-state index contributed by atoms with van der Waals surface area (Å²) in [7, 11) is 0. The molecule has 7 heteroatoms. The summed E-state index contributed by atoms with van der Waals surface area (Å²) in [6, 6.07) is 6.40. The van der Waals surface area contributed by atoms with Gasteiger partial charge >= 0.3 is 0 Å². The summed E-state index contributed by atoms with van der Waals surface area (Å²) in [5.74, 6) is -1.07. The lowest BCUT2D eigenvalue weighted by Crippen LogP contribution is -2.49. The first-order valence-corrected chi connectivity index (χ1v) is 7.84. The maximum atomic E-state index is 12.5. The van der Waals surface area contributed by atoms with Crippen LogP contribution < -0.4 is 10.8 Å². The summed E-state index contributed by atoms with van der Waals surface area (Å²) in [6.45, 7) is 4.36. The molecule has 2 aromatic rings. The van der Waals surface area contributed by atoms with Crippen molar-refractivity contribution >= 4 is 11.8 Å². The Bertz CT molecular complexity index is 685. The van der Waals surface area contributed by atoms with Gasteiger partial charge in [0.2, 0.25) is 0 Å². The summed E-state index contributed by atoms with van der Waals surface area (Å²) in [5, 5.41) is 11.6. The number of aromatic nitrogens is 2. The molecule has 0 unspecified atom stereocenters. The highest BCUT2D eigenvalue weighted by atomic mass is 16.5. The molecule has 2 atom stereocenters. The Kier molecular flexibility index (Phi) is 6.08. The number of nitrogens with one attached hydrogen (secondary N) is 2. The van der Waals surface area contributed by atoms with Crippen LogP contribution >= 0.6 is 0 Å². The second kappa shape index (κ2) is 8.26. The first-order valence-electron chi connectivity index (χ1n) is 7.84. The lowest BCUT2D eigenvalue weighted by Gasteiger charge is -2.22. The van der Waals surface area contributed by atoms with Crippen LogP contribution in [0.25, 0.3) is 0 Å². The minimum absolute atomic E-state index is 0.102. The number of carbonyl (C=O) groups is 2. The van der Waals surface area contributed by atoms with Gasteiger partial charge in [-0.1, -0.05) is 32.4 Å². The van der Waals surface area contributed by atoms with E-state index in [1.54, 1.807) is 36.2 Å². The standard InChI is InChI=1S/C17H22N4O3/c1-3-12(2)15(17(23)20-24)19-16(22)14-6-4-5-13(9-14)10-21-8-7-18-11-21/h4-9,11-12,15,24H,3,10H2,1-2H3,(H,19,22)(H,20,23)/t12-,15-/m0/s1. The Morgan fingerprint density at radius 1 is 1.38 bits per heavy atom. The van der Waals surface area contributed by atoms with Gasteiger partial charge < -0.3 is 9.88 Å². The fourth-order valence-corrected chi connectivity index (χ4v) is 2.40. The molecule has 2 amide bonds. The molecule has 2 rings (SSSR count). The van der Waals surface area contributed by atoms with Crippen molar-refractivity contribution in [2.24, 2.45) is 5.92 Å². The van der Waals surface area contributed by atoms with Crippen molar-refractivity contribution in [2.45, 2.75) is 32.9 Å². The maximum absolute atomic E-state index is 12.5. The van der Waals surface area contributed by atoms with Crippen LogP contribution in [0.15, 0.2) is 43.0 Å². The summed E-state index contributed by atoms with van der Waals surface area (Å²) < 4.78 is 1.90. The highest BCUT2D eigenvalue weighted by Gasteiger charge is 2.26. The molecular weight excluding hydrogens is 308 g/mol. The molecule has 0 radical (unpaired) electrons. The SMILES string of the molecule is CC[C@H](C)[C@H](NC(=O)c1cccc(Cn2ccnc2)c1)C(=O)NO. The van der Waals surface area contributed by atoms with E-state index >= 15 is 0 Å². The Balaban J connectivity index is 2.12. The molecule has 1 heterocycles. The van der Waals surface area contributed by atoms with E-state index in [1.165, 1.54) is 0 Å². The largest absolute Gasteiger partial charge is 0.340 e. The van der Waals surface area contributed by atoms with E-state index in [4.69, 9.17) is 5.21 Å². The number of imidazole rings is 1. The number of benzene rings is 1. The summed E-state index contributed by atoms with van der Waals surface area (Å²) in [4.78, 5) is 28.2. The number of rotatable bonds is 7. The molecule has 3 N–H and O–H groups in total. The van der Waals surface area contributed by atoms with E-state index in [9.17, 15) is 9.59 Å². The fraction of sp³-hybridized carbons (Fsp3) is 0.353. The van der Waals surface area contributed by atoms with Gasteiger partial charge in [-0.2, -0.15) is 0 Å². The summed E-state index contributed by atoms with van der Waals surface area (Å²) in [5.41, 5.74) is 3.03. The van der Waals surface area contributed by atoms with Crippen molar-refractivity contribution in [1.82, 2.24) is 20.3 Å². The van der Waals surface area contributed by atoms with Gasteiger partial charge in [0, 0.05) is 24.5 Å². The third-order valence-electron chi connectivity index (χ3n) is 4.01. The monoisotopic (exact) mass is 330 g/mol. The molecule has 24 heavy (non-hydrogen) atoms. The topological polar surface area (TPSA) is 96.2 Å². The number of amides is 2. The quantitative estimate of drug-likeness (QED) is 0.530. The lowest BCUT2D eigenvalue weighted by molar-refractivity contribution is -0.132. The molecule has 0 fully saturated rings. The summed E-state index contributed by atoms with van der Waals surface area (Å²) >= 11 is 0. The van der Waals surface area contributed by atoms with Crippen molar-refractivity contribution in [2.75, 3.05) is 0 Å². The lowest BCUT2D eigenvalue weighted by atomic mass is 9.98. The van der Waals surface area contributed by atoms with Gasteiger partial charge in [-0.15, -0.1) is 0 Å². The predicted molar refractivity (Wildman–Crippen MR) is 88.4 cm³/mol. The number of hydrogen-bond acceptors (Lipinski definition) is 4. The molecule has 0 saturated heterocycles. The molecule has 0 spiro atoms. The third-order valence-corrected chi connectivity index (χ3v) is 4.01. The van der Waals surface area contributed by atoms with Crippen molar-refractivity contribution in [3.63, 3.8) is 0 Å². The van der Waals surface area contributed by atoms with Gasteiger partial charge in [0.05, 0.1) is 6.33 Å². The fourth-order valence-electron chi connectivity index (χ4n) is 2.40. The van der Waals surface area contributed by atoms with Gasteiger partial charge in [-0.25, -0.2) is 10.5 Å². The molecule has 7 nitrogen and oxygen atoms in total. The summed E-state index contributed by atoms with van der Waals surface area (Å²) in [6.07, 6.45) is 5.94. The van der Waals surface area contributed by atoms with Crippen LogP contribution in [0.1, 0.15) is 36.2 Å². The Morgan fingerprint density at radius 2 is 2.17 bits per heavy atom. The van der Waals surface area contributed by atoms with E-state index in [2.05, 4.69) is 10.3 Å². The van der Waals surface area contributed by atoms with Gasteiger partial charge in [0.25, 0.3) is 11.8 Å². The zero-order chi connectivity index (χ0) is 17.5. The molecule has 1 aromatic carbocycles. The molecule has 1 aromatic heterocycles. The van der Waals surface area contributed by atoms with Crippen LogP contribution in [-0.2, 0) is 11.3 Å². The molecule has 0 saturated carbocycles. The number of hydroxylamine groups is 1. The first kappa shape index (κ1) is 17.7. The molecular formula is C17H22N4O3. The second-order valence-electron chi connectivity index (χ2n) is 5.75. The average Bonchev–Trinajstić information content (AvgIpc) is 3.11. The van der Waals surface area contributed by atoms with Crippen LogP contribution in [0.2, 0.25) is 0 Å². The van der Waals surface area contributed by atoms with Gasteiger partial charge in [0.15, 0.2) is 0 Å². The van der Waals surface area contributed by atoms with Crippen LogP contribution in [0, 0.1) is 5.92 Å². The predicted octanol–water partition coefficient (Wildman–Crippen LogP) is 1.58. The van der Waals surface area contributed by atoms with Crippen LogP contribution in [0.5, 0.6) is 0 Å². The van der Waals surface area contributed by atoms with Crippen LogP contribution in [0.3, 0.4) is 0 Å². The van der Waals surface area contributed by atoms with E-state index < -0.39 is 11.9 Å². The van der Waals surface area contributed by atoms with E-state index in [1.807, 2.05) is 30.7 Å². The van der Waals surface area contributed by atoms with Gasteiger partial charge in [-0.3, -0.25) is 14.8 Å². The molecule has 0 aliphatic heterocycles. The molecule has 128 valence electrons. The van der Waals surface area contributed by atoms with E-state index in [0.29, 0.717) is 18.5 Å². The minimum Gasteiger partial charge on any atom is -0.340 e. The maximum Gasteiger partial charge on any atom is 0.266 e. The van der Waals surface area contributed by atoms with Crippen molar-refractivity contribution in [1.29, 1.82) is 0 Å².